The molecule has 0 bridgehead atoms. The second-order valence-electron chi connectivity index (χ2n) is 8.79. The van der Waals surface area contributed by atoms with Gasteiger partial charge in [0.2, 0.25) is 5.43 Å². The largest absolute Gasteiger partial charge is 0.503 e. The predicted molar refractivity (Wildman–Crippen MR) is 123 cm³/mol. The number of fused-ring (bicyclic) bond motifs is 2. The quantitative estimate of drug-likeness (QED) is 0.569. The Hall–Kier alpha value is -2.91. The van der Waals surface area contributed by atoms with Crippen molar-refractivity contribution in [2.45, 2.75) is 31.7 Å². The lowest BCUT2D eigenvalue weighted by atomic mass is 10.00. The first-order valence-corrected chi connectivity index (χ1v) is 11.4. The molecule has 1 amide bonds. The Bertz CT molecular complexity index is 1230. The molecule has 4 rings (SSSR count). The number of hydrogen-bond donors (Lipinski definition) is 1. The average molecular weight is 493 g/mol. The van der Waals surface area contributed by atoms with Gasteiger partial charge in [-0.1, -0.05) is 11.6 Å². The van der Waals surface area contributed by atoms with Crippen molar-refractivity contribution in [2.75, 3.05) is 33.9 Å². The van der Waals surface area contributed by atoms with Gasteiger partial charge in [-0.2, -0.15) is 0 Å². The lowest BCUT2D eigenvalue weighted by Crippen LogP contribution is -2.48. The minimum atomic E-state index is -0.916. The third-order valence-electron chi connectivity index (χ3n) is 6.60. The molecule has 2 aromatic rings. The Labute approximate surface area is 200 Å². The van der Waals surface area contributed by atoms with Gasteiger partial charge in [0.1, 0.15) is 11.6 Å². The number of methoxy groups -OCH3 is 1. The van der Waals surface area contributed by atoms with Gasteiger partial charge >= 0.3 is 0 Å². The van der Waals surface area contributed by atoms with Crippen LogP contribution in [0.2, 0.25) is 5.02 Å². The molecule has 10 heteroatoms. The summed E-state index contributed by atoms with van der Waals surface area (Å²) >= 11 is 5.94. The van der Waals surface area contributed by atoms with Gasteiger partial charge in [-0.05, 0) is 31.4 Å². The standard InChI is InChI=1S/C24H26ClFN2O6/c1-4-34-15-7-13(19(26)17(25)8-15)5-6-18(29)16-10-28-20(22(31)21(16)30)23(32)27(2)12-24(28)9-14(24)11-33-3/h7-8,10,14,31H,4-6,9,11-12H2,1-3H3/t14-,24-/m1/s1. The fraction of sp³-hybridized carbons (Fsp3) is 0.458. The first kappa shape index (κ1) is 24.2. The van der Waals surface area contributed by atoms with Gasteiger partial charge in [0.05, 0.1) is 29.3 Å². The van der Waals surface area contributed by atoms with Gasteiger partial charge in [-0.25, -0.2) is 4.39 Å². The molecule has 1 N–H and O–H groups in total. The number of halogens is 2. The van der Waals surface area contributed by atoms with E-state index in [2.05, 4.69) is 0 Å². The van der Waals surface area contributed by atoms with Gasteiger partial charge in [-0.3, -0.25) is 14.4 Å². The molecule has 2 heterocycles. The van der Waals surface area contributed by atoms with Crippen molar-refractivity contribution in [1.82, 2.24) is 9.47 Å². The number of pyridine rings is 1. The maximum atomic E-state index is 14.5. The van der Waals surface area contributed by atoms with Crippen LogP contribution in [0.4, 0.5) is 4.39 Å². The van der Waals surface area contributed by atoms with Crippen molar-refractivity contribution < 1.29 is 28.6 Å². The van der Waals surface area contributed by atoms with Gasteiger partial charge in [0, 0.05) is 45.3 Å². The summed E-state index contributed by atoms with van der Waals surface area (Å²) < 4.78 is 26.7. The highest BCUT2D eigenvalue weighted by molar-refractivity contribution is 6.31. The molecule has 1 fully saturated rings. The summed E-state index contributed by atoms with van der Waals surface area (Å²) in [5.74, 6) is -2.03. The molecule has 34 heavy (non-hydrogen) atoms. The number of carbonyl (C=O) groups excluding carboxylic acids is 2. The number of amides is 1. The number of Topliss-reactive ketones (excluding diaryl/α,β-unsaturated/α-hetero) is 1. The molecule has 1 saturated carbocycles. The van der Waals surface area contributed by atoms with Crippen LogP contribution in [0.15, 0.2) is 23.1 Å². The van der Waals surface area contributed by atoms with E-state index in [1.807, 2.05) is 0 Å². The third-order valence-corrected chi connectivity index (χ3v) is 6.88. The van der Waals surface area contributed by atoms with Crippen molar-refractivity contribution in [3.05, 3.63) is 56.2 Å². The number of nitrogens with zero attached hydrogens (tertiary/aromatic N) is 2. The fourth-order valence-electron chi connectivity index (χ4n) is 4.80. The summed E-state index contributed by atoms with van der Waals surface area (Å²) in [5.41, 5.74) is -1.66. The summed E-state index contributed by atoms with van der Waals surface area (Å²) in [6.45, 7) is 2.96. The monoisotopic (exact) mass is 492 g/mol. The predicted octanol–water partition coefficient (Wildman–Crippen LogP) is 3.01. The minimum absolute atomic E-state index is 0.0215. The highest BCUT2D eigenvalue weighted by atomic mass is 35.5. The first-order valence-electron chi connectivity index (χ1n) is 11.0. The summed E-state index contributed by atoms with van der Waals surface area (Å²) in [7, 11) is 3.18. The van der Waals surface area contributed by atoms with E-state index in [0.29, 0.717) is 31.9 Å². The number of carbonyl (C=O) groups is 2. The van der Waals surface area contributed by atoms with Crippen LogP contribution < -0.4 is 10.2 Å². The van der Waals surface area contributed by atoms with E-state index in [4.69, 9.17) is 21.1 Å². The van der Waals surface area contributed by atoms with E-state index in [1.54, 1.807) is 25.6 Å². The normalized spacial score (nSPS) is 21.0. The molecule has 1 spiro atoms. The van der Waals surface area contributed by atoms with Crippen LogP contribution in [0, 0.1) is 11.7 Å². The van der Waals surface area contributed by atoms with Crippen LogP contribution in [-0.4, -0.2) is 60.2 Å². The smallest absolute Gasteiger partial charge is 0.274 e. The number of ether oxygens (including phenoxy) is 2. The van der Waals surface area contributed by atoms with E-state index in [9.17, 15) is 23.9 Å². The number of aryl methyl sites for hydroxylation is 1. The Kier molecular flexibility index (Phi) is 6.44. The van der Waals surface area contributed by atoms with Crippen molar-refractivity contribution in [3.63, 3.8) is 0 Å². The van der Waals surface area contributed by atoms with Gasteiger partial charge in [-0.15, -0.1) is 0 Å². The molecule has 2 atom stereocenters. The number of aromatic nitrogens is 1. The molecule has 0 saturated heterocycles. The van der Waals surface area contributed by atoms with Crippen molar-refractivity contribution in [1.29, 1.82) is 0 Å². The minimum Gasteiger partial charge on any atom is -0.503 e. The Morgan fingerprint density at radius 2 is 2.09 bits per heavy atom. The third kappa shape index (κ3) is 3.96. The number of likely N-dealkylation sites (N-methyl/N-ethyl adjacent to an activating group) is 1. The SMILES string of the molecule is CCOc1cc(Cl)c(F)c(CCC(=O)c2cn3c(c(O)c2=O)C(=O)N(C)C[C@@]32C[C@@H]2COC)c1. The van der Waals surface area contributed by atoms with Crippen LogP contribution in [0.1, 0.15) is 46.2 Å². The van der Waals surface area contributed by atoms with E-state index in [-0.39, 0.29) is 40.6 Å². The number of aromatic hydroxyl groups is 1. The van der Waals surface area contributed by atoms with Crippen molar-refractivity contribution in [3.8, 4) is 11.5 Å². The first-order chi connectivity index (χ1) is 16.1. The maximum absolute atomic E-state index is 14.5. The van der Waals surface area contributed by atoms with E-state index in [0.717, 1.165) is 0 Å². The number of ketones is 1. The number of hydrogen-bond acceptors (Lipinski definition) is 6. The number of rotatable bonds is 8. The molecule has 0 radical (unpaired) electrons. The lowest BCUT2D eigenvalue weighted by molar-refractivity contribution is 0.0664. The Morgan fingerprint density at radius 3 is 2.76 bits per heavy atom. The lowest BCUT2D eigenvalue weighted by Gasteiger charge is -2.35. The van der Waals surface area contributed by atoms with Crippen LogP contribution in [-0.2, 0) is 16.7 Å². The molecule has 1 aliphatic carbocycles. The van der Waals surface area contributed by atoms with Crippen molar-refractivity contribution in [2.24, 2.45) is 5.92 Å². The molecule has 1 aromatic carbocycles. The molecule has 182 valence electrons. The molecule has 2 aliphatic rings. The molecular formula is C24H26ClFN2O6. The van der Waals surface area contributed by atoms with Crippen molar-refractivity contribution >= 4 is 23.3 Å². The zero-order valence-electron chi connectivity index (χ0n) is 19.2. The fourth-order valence-corrected chi connectivity index (χ4v) is 5.03. The molecule has 1 aliphatic heterocycles. The topological polar surface area (TPSA) is 98.1 Å². The Morgan fingerprint density at radius 1 is 1.35 bits per heavy atom. The zero-order chi connectivity index (χ0) is 24.8. The van der Waals surface area contributed by atoms with Crippen LogP contribution in [0.25, 0.3) is 0 Å². The van der Waals surface area contributed by atoms with E-state index < -0.39 is 34.2 Å². The molecule has 0 unspecified atom stereocenters. The van der Waals surface area contributed by atoms with Crippen LogP contribution in [0.5, 0.6) is 11.5 Å². The average Bonchev–Trinajstić information content (AvgIpc) is 3.47. The second kappa shape index (κ2) is 9.03. The Balaban J connectivity index is 1.67. The summed E-state index contributed by atoms with van der Waals surface area (Å²) in [6, 6.07) is 2.83. The number of benzene rings is 1. The van der Waals surface area contributed by atoms with Crippen LogP contribution in [0.3, 0.4) is 0 Å². The zero-order valence-corrected chi connectivity index (χ0v) is 19.9. The van der Waals surface area contributed by atoms with Gasteiger partial charge in [0.15, 0.2) is 17.2 Å². The van der Waals surface area contributed by atoms with Gasteiger partial charge < -0.3 is 24.0 Å². The highest BCUT2D eigenvalue weighted by Crippen LogP contribution is 2.53. The van der Waals surface area contributed by atoms with Crippen LogP contribution >= 0.6 is 11.6 Å². The summed E-state index contributed by atoms with van der Waals surface area (Å²) in [5, 5.41) is 10.5. The summed E-state index contributed by atoms with van der Waals surface area (Å²) in [4.78, 5) is 40.1. The molecule has 1 aromatic heterocycles. The van der Waals surface area contributed by atoms with Gasteiger partial charge in [0.25, 0.3) is 5.91 Å². The maximum Gasteiger partial charge on any atom is 0.274 e. The van der Waals surface area contributed by atoms with E-state index in [1.165, 1.54) is 23.2 Å². The second-order valence-corrected chi connectivity index (χ2v) is 9.20. The molecule has 8 nitrogen and oxygen atoms in total. The molecular weight excluding hydrogens is 467 g/mol. The summed E-state index contributed by atoms with van der Waals surface area (Å²) in [6.07, 6.45) is 1.82. The highest BCUT2D eigenvalue weighted by Gasteiger charge is 2.60. The van der Waals surface area contributed by atoms with E-state index >= 15 is 0 Å².